The summed E-state index contributed by atoms with van der Waals surface area (Å²) < 4.78 is 0. The highest BCUT2D eigenvalue weighted by Crippen LogP contribution is 1.93. The van der Waals surface area contributed by atoms with Crippen molar-refractivity contribution in [3.8, 4) is 0 Å². The lowest BCUT2D eigenvalue weighted by Gasteiger charge is -1.93. The summed E-state index contributed by atoms with van der Waals surface area (Å²) in [6, 6.07) is 0. The molecule has 0 amide bonds. The Hall–Kier alpha value is 0.310. The van der Waals surface area contributed by atoms with Gasteiger partial charge in [-0.3, -0.25) is 0 Å². The van der Waals surface area contributed by atoms with E-state index in [9.17, 15) is 0 Å². The van der Waals surface area contributed by atoms with Crippen LogP contribution >= 0.6 is 11.8 Å². The minimum Gasteiger partial charge on any atom is -0.319 e. The van der Waals surface area contributed by atoms with Crippen molar-refractivity contribution in [2.24, 2.45) is 0 Å². The van der Waals surface area contributed by atoms with Gasteiger partial charge in [0.15, 0.2) is 0 Å². The van der Waals surface area contributed by atoms with E-state index in [-0.39, 0.29) is 0 Å². The molecule has 0 spiro atoms. The smallest absolute Gasteiger partial charge is 0.00578 e. The first-order chi connectivity index (χ1) is 5.41. The molecule has 0 saturated heterocycles. The SMILES string of the molecule is CC.CC.CCSCCNC. The van der Waals surface area contributed by atoms with Crippen LogP contribution in [0.5, 0.6) is 0 Å². The van der Waals surface area contributed by atoms with E-state index in [1.165, 1.54) is 11.5 Å². The predicted octanol–water partition coefficient (Wildman–Crippen LogP) is 3.01. The molecule has 0 radical (unpaired) electrons. The average Bonchev–Trinajstić information content (AvgIpc) is 2.13. The van der Waals surface area contributed by atoms with Gasteiger partial charge in [0, 0.05) is 12.3 Å². The van der Waals surface area contributed by atoms with Crippen molar-refractivity contribution in [1.29, 1.82) is 0 Å². The van der Waals surface area contributed by atoms with Crippen molar-refractivity contribution in [3.05, 3.63) is 0 Å². The Kier molecular flexibility index (Phi) is 50.2. The molecule has 0 atom stereocenters. The van der Waals surface area contributed by atoms with Gasteiger partial charge in [0.2, 0.25) is 0 Å². The highest BCUT2D eigenvalue weighted by Gasteiger charge is 1.78. The summed E-state index contributed by atoms with van der Waals surface area (Å²) >= 11 is 1.97. The van der Waals surface area contributed by atoms with Gasteiger partial charge in [0.25, 0.3) is 0 Å². The molecule has 0 aliphatic heterocycles. The lowest BCUT2D eigenvalue weighted by molar-refractivity contribution is 0.872. The standard InChI is InChI=1S/C5H13NS.2C2H6/c1-3-7-5-4-6-2;2*1-2/h6H,3-5H2,1-2H3;2*1-2H3. The minimum absolute atomic E-state index is 1.14. The van der Waals surface area contributed by atoms with E-state index in [2.05, 4.69) is 12.2 Å². The second-order valence-corrected chi connectivity index (χ2v) is 2.69. The average molecular weight is 179 g/mol. The van der Waals surface area contributed by atoms with Crippen LogP contribution < -0.4 is 5.32 Å². The van der Waals surface area contributed by atoms with Crippen molar-refractivity contribution < 1.29 is 0 Å². The van der Waals surface area contributed by atoms with E-state index >= 15 is 0 Å². The summed E-state index contributed by atoms with van der Waals surface area (Å²) in [7, 11) is 1.98. The normalized spacial score (nSPS) is 7.09. The highest BCUT2D eigenvalue weighted by atomic mass is 32.2. The van der Waals surface area contributed by atoms with Gasteiger partial charge in [-0.15, -0.1) is 0 Å². The maximum Gasteiger partial charge on any atom is 0.00578 e. The van der Waals surface area contributed by atoms with E-state index in [4.69, 9.17) is 0 Å². The van der Waals surface area contributed by atoms with E-state index in [1.54, 1.807) is 0 Å². The molecule has 72 valence electrons. The first-order valence-electron chi connectivity index (χ1n) is 4.64. The Bertz CT molecular complexity index is 28.7. The van der Waals surface area contributed by atoms with Gasteiger partial charge in [-0.25, -0.2) is 0 Å². The molecule has 0 unspecified atom stereocenters. The summed E-state index contributed by atoms with van der Waals surface area (Å²) in [6.45, 7) is 11.3. The molecular weight excluding hydrogens is 154 g/mol. The lowest BCUT2D eigenvalue weighted by Crippen LogP contribution is -2.09. The highest BCUT2D eigenvalue weighted by molar-refractivity contribution is 7.99. The first kappa shape index (κ1) is 17.4. The Labute approximate surface area is 77.3 Å². The molecule has 0 fully saturated rings. The summed E-state index contributed by atoms with van der Waals surface area (Å²) in [5, 5.41) is 3.08. The zero-order valence-corrected chi connectivity index (χ0v) is 9.85. The van der Waals surface area contributed by atoms with E-state index in [0.29, 0.717) is 0 Å². The Morgan fingerprint density at radius 2 is 1.55 bits per heavy atom. The van der Waals surface area contributed by atoms with Crippen molar-refractivity contribution >= 4 is 11.8 Å². The number of nitrogens with one attached hydrogen (secondary N) is 1. The van der Waals surface area contributed by atoms with Crippen LogP contribution in [-0.4, -0.2) is 25.1 Å². The fraction of sp³-hybridized carbons (Fsp3) is 1.00. The van der Waals surface area contributed by atoms with Crippen molar-refractivity contribution in [2.75, 3.05) is 25.1 Å². The number of hydrogen-bond donors (Lipinski definition) is 1. The van der Waals surface area contributed by atoms with Crippen LogP contribution in [0.15, 0.2) is 0 Å². The maximum atomic E-state index is 3.08. The van der Waals surface area contributed by atoms with Crippen molar-refractivity contribution in [2.45, 2.75) is 34.6 Å². The molecule has 0 aromatic rings. The second kappa shape index (κ2) is 31.7. The Morgan fingerprint density at radius 1 is 1.09 bits per heavy atom. The molecule has 0 heterocycles. The Balaban J connectivity index is -0.000000138. The third-order valence-corrected chi connectivity index (χ3v) is 1.60. The van der Waals surface area contributed by atoms with Crippen LogP contribution in [0.4, 0.5) is 0 Å². The quantitative estimate of drug-likeness (QED) is 0.666. The predicted molar refractivity (Wildman–Crippen MR) is 59.6 cm³/mol. The van der Waals surface area contributed by atoms with E-state index < -0.39 is 0 Å². The topological polar surface area (TPSA) is 12.0 Å². The van der Waals surface area contributed by atoms with Crippen LogP contribution in [0, 0.1) is 0 Å². The lowest BCUT2D eigenvalue weighted by atomic mass is 10.8. The molecule has 0 bridgehead atoms. The van der Waals surface area contributed by atoms with Gasteiger partial charge in [-0.05, 0) is 12.8 Å². The molecule has 1 N–H and O–H groups in total. The fourth-order valence-electron chi connectivity index (χ4n) is 0.319. The van der Waals surface area contributed by atoms with Gasteiger partial charge < -0.3 is 5.32 Å². The molecule has 0 aliphatic rings. The van der Waals surface area contributed by atoms with Gasteiger partial charge in [-0.2, -0.15) is 11.8 Å². The molecule has 0 aromatic heterocycles. The van der Waals surface area contributed by atoms with E-state index in [0.717, 1.165) is 6.54 Å². The van der Waals surface area contributed by atoms with Gasteiger partial charge >= 0.3 is 0 Å². The van der Waals surface area contributed by atoms with Crippen molar-refractivity contribution in [3.63, 3.8) is 0 Å². The van der Waals surface area contributed by atoms with Crippen LogP contribution in [0.25, 0.3) is 0 Å². The summed E-state index contributed by atoms with van der Waals surface area (Å²) in [4.78, 5) is 0. The Morgan fingerprint density at radius 3 is 1.82 bits per heavy atom. The van der Waals surface area contributed by atoms with Crippen molar-refractivity contribution in [1.82, 2.24) is 5.32 Å². The molecular formula is C9H25NS. The molecule has 11 heavy (non-hydrogen) atoms. The third kappa shape index (κ3) is 38.3. The fourth-order valence-corrected chi connectivity index (χ4v) is 0.956. The third-order valence-electron chi connectivity index (χ3n) is 0.701. The minimum atomic E-state index is 1.14. The molecule has 1 nitrogen and oxygen atoms in total. The van der Waals surface area contributed by atoms with Crippen LogP contribution in [0.3, 0.4) is 0 Å². The number of thioether (sulfide) groups is 1. The maximum absolute atomic E-state index is 3.08. The van der Waals surface area contributed by atoms with Crippen LogP contribution in [0.2, 0.25) is 0 Å². The second-order valence-electron chi connectivity index (χ2n) is 1.30. The van der Waals surface area contributed by atoms with Gasteiger partial charge in [0.05, 0.1) is 0 Å². The van der Waals surface area contributed by atoms with Gasteiger partial charge in [-0.1, -0.05) is 34.6 Å². The molecule has 0 aliphatic carbocycles. The molecule has 0 rings (SSSR count). The molecule has 0 aromatic carbocycles. The summed E-state index contributed by atoms with van der Waals surface area (Å²) in [6.07, 6.45) is 0. The van der Waals surface area contributed by atoms with Crippen LogP contribution in [-0.2, 0) is 0 Å². The van der Waals surface area contributed by atoms with E-state index in [1.807, 2.05) is 46.5 Å². The van der Waals surface area contributed by atoms with Gasteiger partial charge in [0.1, 0.15) is 0 Å². The first-order valence-corrected chi connectivity index (χ1v) is 5.79. The monoisotopic (exact) mass is 179 g/mol. The molecule has 2 heteroatoms. The molecule has 0 saturated carbocycles. The zero-order valence-electron chi connectivity index (χ0n) is 9.03. The number of hydrogen-bond acceptors (Lipinski definition) is 2. The summed E-state index contributed by atoms with van der Waals surface area (Å²) in [5.74, 6) is 2.48. The zero-order chi connectivity index (χ0) is 9.54. The van der Waals surface area contributed by atoms with Crippen LogP contribution in [0.1, 0.15) is 34.6 Å². The largest absolute Gasteiger partial charge is 0.319 e. The number of rotatable bonds is 4. The summed E-state index contributed by atoms with van der Waals surface area (Å²) in [5.41, 5.74) is 0.